The van der Waals surface area contributed by atoms with E-state index in [0.717, 1.165) is 36.5 Å². The molecule has 2 amide bonds. The van der Waals surface area contributed by atoms with Gasteiger partial charge in [0.2, 0.25) is 11.8 Å². The Kier molecular flexibility index (Phi) is 3.81. The highest BCUT2D eigenvalue weighted by atomic mass is 32.2. The van der Waals surface area contributed by atoms with Gasteiger partial charge in [-0.3, -0.25) is 9.59 Å². The van der Waals surface area contributed by atoms with Crippen molar-refractivity contribution in [2.24, 2.45) is 17.6 Å². The number of benzene rings is 1. The minimum Gasteiger partial charge on any atom is -0.341 e. The number of anilines is 1. The summed E-state index contributed by atoms with van der Waals surface area (Å²) in [7, 11) is 0. The minimum absolute atomic E-state index is 0.0122. The summed E-state index contributed by atoms with van der Waals surface area (Å²) >= 11 is 1.54. The molecule has 1 aliphatic carbocycles. The highest BCUT2D eigenvalue weighted by molar-refractivity contribution is 8.00. The SMILES string of the molecule is NC1CCC2CN(C(=O)CN3C(=O)CSc4ccccc43)CC12. The molecule has 23 heavy (non-hydrogen) atoms. The van der Waals surface area contributed by atoms with E-state index in [0.29, 0.717) is 17.6 Å². The number of carbonyl (C=O) groups is 2. The molecule has 0 spiro atoms. The molecule has 1 saturated heterocycles. The standard InChI is InChI=1S/C17H21N3O2S/c18-13-6-5-11-7-19(8-12(11)13)16(21)9-20-14-3-1-2-4-15(14)23-10-17(20)22/h1-4,11-13H,5-10,18H2. The van der Waals surface area contributed by atoms with Crippen molar-refractivity contribution in [3.63, 3.8) is 0 Å². The molecule has 4 rings (SSSR count). The van der Waals surface area contributed by atoms with Crippen LogP contribution in [-0.2, 0) is 9.59 Å². The van der Waals surface area contributed by atoms with Crippen LogP contribution in [0.4, 0.5) is 5.69 Å². The molecule has 3 unspecified atom stereocenters. The number of thioether (sulfide) groups is 1. The normalized spacial score (nSPS) is 29.6. The fourth-order valence-corrected chi connectivity index (χ4v) is 5.01. The Hall–Kier alpha value is -1.53. The van der Waals surface area contributed by atoms with Crippen LogP contribution in [0.1, 0.15) is 12.8 Å². The molecule has 0 radical (unpaired) electrons. The second-order valence-corrected chi connectivity index (χ2v) is 7.72. The maximum absolute atomic E-state index is 12.7. The molecule has 2 N–H and O–H groups in total. The van der Waals surface area contributed by atoms with Crippen LogP contribution in [0.15, 0.2) is 29.2 Å². The van der Waals surface area contributed by atoms with E-state index in [-0.39, 0.29) is 24.4 Å². The van der Waals surface area contributed by atoms with E-state index < -0.39 is 0 Å². The van der Waals surface area contributed by atoms with Crippen LogP contribution in [0.3, 0.4) is 0 Å². The Morgan fingerprint density at radius 1 is 1.26 bits per heavy atom. The minimum atomic E-state index is 0.0122. The monoisotopic (exact) mass is 331 g/mol. The lowest BCUT2D eigenvalue weighted by molar-refractivity contribution is -0.130. The van der Waals surface area contributed by atoms with Crippen LogP contribution in [-0.4, -0.2) is 48.1 Å². The first kappa shape index (κ1) is 15.0. The van der Waals surface area contributed by atoms with Crippen LogP contribution in [0.5, 0.6) is 0 Å². The van der Waals surface area contributed by atoms with E-state index in [1.54, 1.807) is 16.7 Å². The number of carbonyl (C=O) groups excluding carboxylic acids is 2. The molecular weight excluding hydrogens is 310 g/mol. The van der Waals surface area contributed by atoms with Gasteiger partial charge in [-0.15, -0.1) is 11.8 Å². The van der Waals surface area contributed by atoms with Crippen molar-refractivity contribution in [2.75, 3.05) is 30.3 Å². The predicted molar refractivity (Wildman–Crippen MR) is 90.3 cm³/mol. The number of hydrogen-bond acceptors (Lipinski definition) is 4. The van der Waals surface area contributed by atoms with Crippen molar-refractivity contribution in [2.45, 2.75) is 23.8 Å². The van der Waals surface area contributed by atoms with E-state index >= 15 is 0 Å². The fraction of sp³-hybridized carbons (Fsp3) is 0.529. The van der Waals surface area contributed by atoms with Gasteiger partial charge in [0.25, 0.3) is 0 Å². The number of hydrogen-bond donors (Lipinski definition) is 1. The lowest BCUT2D eigenvalue weighted by Crippen LogP contribution is -2.45. The Morgan fingerprint density at radius 2 is 2.09 bits per heavy atom. The summed E-state index contributed by atoms with van der Waals surface area (Å²) in [4.78, 5) is 29.6. The van der Waals surface area contributed by atoms with Crippen LogP contribution in [0, 0.1) is 11.8 Å². The lowest BCUT2D eigenvalue weighted by atomic mass is 9.98. The Balaban J connectivity index is 1.48. The van der Waals surface area contributed by atoms with Gasteiger partial charge in [0.05, 0.1) is 11.4 Å². The highest BCUT2D eigenvalue weighted by Crippen LogP contribution is 2.38. The highest BCUT2D eigenvalue weighted by Gasteiger charge is 2.42. The molecule has 1 aromatic carbocycles. The summed E-state index contributed by atoms with van der Waals surface area (Å²) in [6, 6.07) is 8.02. The van der Waals surface area contributed by atoms with Crippen LogP contribution in [0.2, 0.25) is 0 Å². The van der Waals surface area contributed by atoms with Crippen LogP contribution in [0.25, 0.3) is 0 Å². The second kappa shape index (κ2) is 5.83. The summed E-state index contributed by atoms with van der Waals surface area (Å²) in [5, 5.41) is 0. The molecule has 2 heterocycles. The van der Waals surface area contributed by atoms with Crippen molar-refractivity contribution in [1.29, 1.82) is 0 Å². The summed E-state index contributed by atoms with van der Waals surface area (Å²) in [5.74, 6) is 1.45. The summed E-state index contributed by atoms with van der Waals surface area (Å²) in [5.41, 5.74) is 7.01. The summed E-state index contributed by atoms with van der Waals surface area (Å²) < 4.78 is 0. The number of nitrogens with zero attached hydrogens (tertiary/aromatic N) is 2. The maximum atomic E-state index is 12.7. The van der Waals surface area contributed by atoms with Gasteiger partial charge in [-0.25, -0.2) is 0 Å². The second-order valence-electron chi connectivity index (χ2n) is 6.70. The van der Waals surface area contributed by atoms with Crippen LogP contribution >= 0.6 is 11.8 Å². The van der Waals surface area contributed by atoms with Gasteiger partial charge in [-0.05, 0) is 36.8 Å². The smallest absolute Gasteiger partial charge is 0.242 e. The molecule has 122 valence electrons. The zero-order valence-electron chi connectivity index (χ0n) is 13.0. The molecule has 2 fully saturated rings. The Morgan fingerprint density at radius 3 is 2.91 bits per heavy atom. The number of rotatable bonds is 2. The van der Waals surface area contributed by atoms with E-state index in [1.165, 1.54) is 0 Å². The van der Waals surface area contributed by atoms with E-state index in [4.69, 9.17) is 5.73 Å². The zero-order chi connectivity index (χ0) is 16.0. The van der Waals surface area contributed by atoms with Crippen molar-refractivity contribution in [3.8, 4) is 0 Å². The molecule has 5 nitrogen and oxygen atoms in total. The molecule has 6 heteroatoms. The first-order valence-electron chi connectivity index (χ1n) is 8.19. The van der Waals surface area contributed by atoms with Gasteiger partial charge in [-0.2, -0.15) is 0 Å². The van der Waals surface area contributed by atoms with E-state index in [9.17, 15) is 9.59 Å². The number of fused-ring (bicyclic) bond motifs is 2. The predicted octanol–water partition coefficient (Wildman–Crippen LogP) is 1.32. The number of amides is 2. The average Bonchev–Trinajstić information content (AvgIpc) is 3.13. The largest absolute Gasteiger partial charge is 0.341 e. The quantitative estimate of drug-likeness (QED) is 0.888. The topological polar surface area (TPSA) is 66.6 Å². The third-order valence-corrected chi connectivity index (χ3v) is 6.41. The summed E-state index contributed by atoms with van der Waals surface area (Å²) in [6.07, 6.45) is 2.20. The van der Waals surface area contributed by atoms with Crippen LogP contribution < -0.4 is 10.6 Å². The maximum Gasteiger partial charge on any atom is 0.242 e. The Bertz CT molecular complexity index is 650. The van der Waals surface area contributed by atoms with Crippen molar-refractivity contribution < 1.29 is 9.59 Å². The van der Waals surface area contributed by atoms with E-state index in [2.05, 4.69) is 0 Å². The first-order chi connectivity index (χ1) is 11.1. The fourth-order valence-electron chi connectivity index (χ4n) is 4.07. The molecule has 0 aromatic heterocycles. The molecule has 0 bridgehead atoms. The number of nitrogens with two attached hydrogens (primary N) is 1. The Labute approximate surface area is 140 Å². The lowest BCUT2D eigenvalue weighted by Gasteiger charge is -2.30. The number of likely N-dealkylation sites (tertiary alicyclic amines) is 1. The summed E-state index contributed by atoms with van der Waals surface area (Å²) in [6.45, 7) is 1.70. The average molecular weight is 331 g/mol. The van der Waals surface area contributed by atoms with Gasteiger partial charge < -0.3 is 15.5 Å². The third kappa shape index (κ3) is 2.64. The molecule has 1 saturated carbocycles. The first-order valence-corrected chi connectivity index (χ1v) is 9.17. The molecule has 1 aromatic rings. The van der Waals surface area contributed by atoms with Gasteiger partial charge >= 0.3 is 0 Å². The van der Waals surface area contributed by atoms with Gasteiger partial charge in [-0.1, -0.05) is 12.1 Å². The molecular formula is C17H21N3O2S. The van der Waals surface area contributed by atoms with Crippen molar-refractivity contribution >= 4 is 29.3 Å². The van der Waals surface area contributed by atoms with Crippen molar-refractivity contribution in [3.05, 3.63) is 24.3 Å². The molecule has 3 aliphatic rings. The van der Waals surface area contributed by atoms with Gasteiger partial charge in [0.15, 0.2) is 0 Å². The molecule has 2 aliphatic heterocycles. The van der Waals surface area contributed by atoms with Gasteiger partial charge in [0.1, 0.15) is 6.54 Å². The van der Waals surface area contributed by atoms with Gasteiger partial charge in [0, 0.05) is 24.0 Å². The molecule has 3 atom stereocenters. The van der Waals surface area contributed by atoms with E-state index in [1.807, 2.05) is 29.2 Å². The zero-order valence-corrected chi connectivity index (χ0v) is 13.8. The number of para-hydroxylation sites is 1. The third-order valence-electron chi connectivity index (χ3n) is 5.37. The van der Waals surface area contributed by atoms with Crippen molar-refractivity contribution in [1.82, 2.24) is 4.90 Å².